The highest BCUT2D eigenvalue weighted by atomic mass is 32.2. The Hall–Kier alpha value is -2.31. The van der Waals surface area contributed by atoms with Crippen molar-refractivity contribution in [2.24, 2.45) is 5.14 Å². The fraction of sp³-hybridized carbons (Fsp3) is 0.125. The van der Waals surface area contributed by atoms with Crippen LogP contribution < -0.4 is 9.88 Å². The molecule has 1 heterocycles. The minimum atomic E-state index is -3.68. The summed E-state index contributed by atoms with van der Waals surface area (Å²) < 4.78 is 33.8. The molecule has 22 heavy (non-hydrogen) atoms. The third kappa shape index (κ3) is 2.84. The van der Waals surface area contributed by atoms with Crippen molar-refractivity contribution in [2.75, 3.05) is 0 Å². The molecule has 3 rings (SSSR count). The average molecular weight is 317 g/mol. The highest BCUT2D eigenvalue weighted by molar-refractivity contribution is 7.89. The molecule has 0 aliphatic rings. The van der Waals surface area contributed by atoms with Crippen LogP contribution in [0.5, 0.6) is 5.75 Å². The molecular formula is C16H15NO4S. The Kier molecular flexibility index (Phi) is 3.64. The topological polar surface area (TPSA) is 82.5 Å². The number of hydrogen-bond acceptors (Lipinski definition) is 4. The van der Waals surface area contributed by atoms with Crippen LogP contribution in [-0.2, 0) is 16.6 Å². The number of benzene rings is 2. The van der Waals surface area contributed by atoms with E-state index in [1.54, 1.807) is 12.1 Å². The van der Waals surface area contributed by atoms with E-state index in [4.69, 9.17) is 14.3 Å². The second-order valence-corrected chi connectivity index (χ2v) is 6.50. The average Bonchev–Trinajstić information content (AvgIpc) is 2.80. The molecular weight excluding hydrogens is 302 g/mol. The molecule has 0 aliphatic heterocycles. The Labute approximate surface area is 128 Å². The molecule has 0 unspecified atom stereocenters. The van der Waals surface area contributed by atoms with Gasteiger partial charge in [0.25, 0.3) is 0 Å². The van der Waals surface area contributed by atoms with Crippen LogP contribution in [-0.4, -0.2) is 8.42 Å². The Morgan fingerprint density at radius 1 is 1.09 bits per heavy atom. The molecule has 6 heteroatoms. The Morgan fingerprint density at radius 2 is 1.77 bits per heavy atom. The first-order valence-corrected chi connectivity index (χ1v) is 8.22. The van der Waals surface area contributed by atoms with Gasteiger partial charge >= 0.3 is 0 Å². The minimum absolute atomic E-state index is 0.0600. The SMILES string of the molecule is Cc1oc2ccccc2c1COc1ccc(S(N)(=O)=O)cc1. The maximum atomic E-state index is 11.2. The number of aryl methyl sites for hydroxylation is 1. The van der Waals surface area contributed by atoms with Crippen molar-refractivity contribution < 1.29 is 17.6 Å². The van der Waals surface area contributed by atoms with Crippen LogP contribution in [0.3, 0.4) is 0 Å². The fourth-order valence-electron chi connectivity index (χ4n) is 2.28. The highest BCUT2D eigenvalue weighted by Crippen LogP contribution is 2.26. The minimum Gasteiger partial charge on any atom is -0.489 e. The Balaban J connectivity index is 1.81. The number of para-hydroxylation sites is 1. The van der Waals surface area contributed by atoms with Crippen molar-refractivity contribution in [3.8, 4) is 5.75 Å². The second-order valence-electron chi connectivity index (χ2n) is 4.94. The van der Waals surface area contributed by atoms with Crippen molar-refractivity contribution in [3.05, 3.63) is 59.9 Å². The predicted octanol–water partition coefficient (Wildman–Crippen LogP) is 2.97. The van der Waals surface area contributed by atoms with Gasteiger partial charge in [-0.2, -0.15) is 0 Å². The van der Waals surface area contributed by atoms with Crippen LogP contribution in [0.4, 0.5) is 0 Å². The van der Waals surface area contributed by atoms with Crippen molar-refractivity contribution >= 4 is 21.0 Å². The summed E-state index contributed by atoms with van der Waals surface area (Å²) in [5.41, 5.74) is 1.80. The van der Waals surface area contributed by atoms with Crippen LogP contribution in [0.1, 0.15) is 11.3 Å². The van der Waals surface area contributed by atoms with Crippen molar-refractivity contribution in [1.82, 2.24) is 0 Å². The summed E-state index contributed by atoms with van der Waals surface area (Å²) in [4.78, 5) is 0.0600. The van der Waals surface area contributed by atoms with E-state index in [1.165, 1.54) is 12.1 Å². The third-order valence-electron chi connectivity index (χ3n) is 3.44. The lowest BCUT2D eigenvalue weighted by Gasteiger charge is -2.06. The lowest BCUT2D eigenvalue weighted by Crippen LogP contribution is -2.11. The first kappa shape index (κ1) is 14.6. The largest absolute Gasteiger partial charge is 0.489 e. The highest BCUT2D eigenvalue weighted by Gasteiger charge is 2.11. The van der Waals surface area contributed by atoms with E-state index >= 15 is 0 Å². The maximum Gasteiger partial charge on any atom is 0.238 e. The van der Waals surface area contributed by atoms with Crippen molar-refractivity contribution in [2.45, 2.75) is 18.4 Å². The van der Waals surface area contributed by atoms with Gasteiger partial charge in [0.1, 0.15) is 23.7 Å². The zero-order valence-electron chi connectivity index (χ0n) is 11.9. The molecule has 0 spiro atoms. The molecule has 0 aliphatic carbocycles. The Bertz CT molecular complexity index is 911. The first-order valence-electron chi connectivity index (χ1n) is 6.68. The van der Waals surface area contributed by atoms with Crippen LogP contribution in [0.2, 0.25) is 0 Å². The molecule has 114 valence electrons. The van der Waals surface area contributed by atoms with E-state index in [1.807, 2.05) is 31.2 Å². The molecule has 3 aromatic rings. The molecule has 0 fully saturated rings. The number of nitrogens with two attached hydrogens (primary N) is 1. The van der Waals surface area contributed by atoms with Crippen LogP contribution in [0.15, 0.2) is 57.8 Å². The van der Waals surface area contributed by atoms with Gasteiger partial charge in [0, 0.05) is 10.9 Å². The summed E-state index contributed by atoms with van der Waals surface area (Å²) in [6, 6.07) is 13.8. The van der Waals surface area contributed by atoms with E-state index in [2.05, 4.69) is 0 Å². The number of fused-ring (bicyclic) bond motifs is 1. The summed E-state index contributed by atoms with van der Waals surface area (Å²) >= 11 is 0. The number of furan rings is 1. The van der Waals surface area contributed by atoms with Gasteiger partial charge in [0.15, 0.2) is 0 Å². The summed E-state index contributed by atoms with van der Waals surface area (Å²) in [5, 5.41) is 6.07. The molecule has 2 aromatic carbocycles. The van der Waals surface area contributed by atoms with E-state index in [9.17, 15) is 8.42 Å². The lowest BCUT2D eigenvalue weighted by molar-refractivity contribution is 0.304. The van der Waals surface area contributed by atoms with Gasteiger partial charge < -0.3 is 9.15 Å². The van der Waals surface area contributed by atoms with E-state index in [0.717, 1.165) is 22.3 Å². The van der Waals surface area contributed by atoms with E-state index in [0.29, 0.717) is 12.4 Å². The third-order valence-corrected chi connectivity index (χ3v) is 4.36. The lowest BCUT2D eigenvalue weighted by atomic mass is 10.1. The quantitative estimate of drug-likeness (QED) is 0.802. The predicted molar refractivity (Wildman–Crippen MR) is 83.1 cm³/mol. The van der Waals surface area contributed by atoms with Gasteiger partial charge in [-0.3, -0.25) is 0 Å². The Morgan fingerprint density at radius 3 is 2.45 bits per heavy atom. The number of sulfonamides is 1. The molecule has 1 aromatic heterocycles. The monoisotopic (exact) mass is 317 g/mol. The van der Waals surface area contributed by atoms with Crippen LogP contribution >= 0.6 is 0 Å². The number of primary sulfonamides is 1. The summed E-state index contributed by atoms with van der Waals surface area (Å²) in [5.74, 6) is 1.37. The zero-order chi connectivity index (χ0) is 15.7. The van der Waals surface area contributed by atoms with E-state index in [-0.39, 0.29) is 4.90 Å². The van der Waals surface area contributed by atoms with Gasteiger partial charge in [-0.15, -0.1) is 0 Å². The molecule has 2 N–H and O–H groups in total. The maximum absolute atomic E-state index is 11.2. The van der Waals surface area contributed by atoms with Gasteiger partial charge in [0.05, 0.1) is 4.90 Å². The molecule has 0 bridgehead atoms. The fourth-order valence-corrected chi connectivity index (χ4v) is 2.80. The van der Waals surface area contributed by atoms with Gasteiger partial charge in [-0.25, -0.2) is 13.6 Å². The van der Waals surface area contributed by atoms with E-state index < -0.39 is 10.0 Å². The van der Waals surface area contributed by atoms with Gasteiger partial charge in [-0.1, -0.05) is 18.2 Å². The van der Waals surface area contributed by atoms with Gasteiger partial charge in [-0.05, 0) is 37.3 Å². The van der Waals surface area contributed by atoms with Gasteiger partial charge in [0.2, 0.25) is 10.0 Å². The molecule has 5 nitrogen and oxygen atoms in total. The molecule has 0 amide bonds. The number of hydrogen-bond donors (Lipinski definition) is 1. The number of ether oxygens (including phenoxy) is 1. The van der Waals surface area contributed by atoms with Crippen molar-refractivity contribution in [1.29, 1.82) is 0 Å². The zero-order valence-corrected chi connectivity index (χ0v) is 12.8. The van der Waals surface area contributed by atoms with Crippen LogP contribution in [0.25, 0.3) is 11.0 Å². The standard InChI is InChI=1S/C16H15NO4S/c1-11-15(14-4-2-3-5-16(14)21-11)10-20-12-6-8-13(9-7-12)22(17,18)19/h2-9H,10H2,1H3,(H2,17,18,19). The van der Waals surface area contributed by atoms with Crippen LogP contribution in [0, 0.1) is 6.92 Å². The molecule has 0 radical (unpaired) electrons. The summed E-state index contributed by atoms with van der Waals surface area (Å²) in [6.45, 7) is 2.24. The molecule has 0 atom stereocenters. The smallest absolute Gasteiger partial charge is 0.238 e. The second kappa shape index (κ2) is 5.47. The summed E-state index contributed by atoms with van der Waals surface area (Å²) in [7, 11) is -3.68. The normalized spacial score (nSPS) is 11.7. The van der Waals surface area contributed by atoms with Crippen molar-refractivity contribution in [3.63, 3.8) is 0 Å². The first-order chi connectivity index (χ1) is 10.4. The number of rotatable bonds is 4. The molecule has 0 saturated heterocycles. The molecule has 0 saturated carbocycles. The summed E-state index contributed by atoms with van der Waals surface area (Å²) in [6.07, 6.45) is 0.